The van der Waals surface area contributed by atoms with Gasteiger partial charge >= 0.3 is 0 Å². The van der Waals surface area contributed by atoms with E-state index in [0.717, 1.165) is 5.75 Å². The SMILES string of the molecule is Cc1ccc(COc2cc[c]cc2)cc1. The van der Waals surface area contributed by atoms with E-state index in [1.54, 1.807) is 0 Å². The first kappa shape index (κ1) is 9.78. The van der Waals surface area contributed by atoms with Crippen molar-refractivity contribution >= 4 is 0 Å². The predicted octanol–water partition coefficient (Wildman–Crippen LogP) is 3.37. The molecule has 0 saturated carbocycles. The molecule has 0 heterocycles. The van der Waals surface area contributed by atoms with Gasteiger partial charge in [0.05, 0.1) is 0 Å². The zero-order valence-corrected chi connectivity index (χ0v) is 8.73. The van der Waals surface area contributed by atoms with Gasteiger partial charge in [0.2, 0.25) is 0 Å². The first-order valence-electron chi connectivity index (χ1n) is 4.99. The van der Waals surface area contributed by atoms with E-state index >= 15 is 0 Å². The molecule has 2 rings (SSSR count). The molecule has 0 unspecified atom stereocenters. The van der Waals surface area contributed by atoms with Crippen molar-refractivity contribution in [1.29, 1.82) is 0 Å². The second-order valence-corrected chi connectivity index (χ2v) is 3.51. The first-order chi connectivity index (χ1) is 7.34. The standard InChI is InChI=1S/C14H13O/c1-12-7-9-13(10-8-12)11-15-14-5-3-2-4-6-14/h3-10H,11H2,1H3. The number of ether oxygens (including phenoxy) is 1. The van der Waals surface area contributed by atoms with Crippen LogP contribution < -0.4 is 4.74 Å². The summed E-state index contributed by atoms with van der Waals surface area (Å²) in [6, 6.07) is 18.8. The fourth-order valence-corrected chi connectivity index (χ4v) is 1.32. The molecule has 0 saturated heterocycles. The number of hydrogen-bond acceptors (Lipinski definition) is 1. The molecule has 0 atom stereocenters. The van der Waals surface area contributed by atoms with Crippen LogP contribution in [0.4, 0.5) is 0 Å². The monoisotopic (exact) mass is 197 g/mol. The maximum absolute atomic E-state index is 5.61. The largest absolute Gasteiger partial charge is 0.489 e. The maximum atomic E-state index is 5.61. The minimum Gasteiger partial charge on any atom is -0.489 e. The Labute approximate surface area is 90.3 Å². The smallest absolute Gasteiger partial charge is 0.119 e. The van der Waals surface area contributed by atoms with Crippen LogP contribution in [0, 0.1) is 13.0 Å². The predicted molar refractivity (Wildman–Crippen MR) is 60.8 cm³/mol. The summed E-state index contributed by atoms with van der Waals surface area (Å²) in [7, 11) is 0. The van der Waals surface area contributed by atoms with Crippen LogP contribution in [0.3, 0.4) is 0 Å². The van der Waals surface area contributed by atoms with E-state index in [4.69, 9.17) is 4.74 Å². The molecule has 0 aliphatic heterocycles. The van der Waals surface area contributed by atoms with Gasteiger partial charge in [-0.05, 0) is 30.7 Å². The van der Waals surface area contributed by atoms with Gasteiger partial charge in [-0.2, -0.15) is 0 Å². The first-order valence-corrected chi connectivity index (χ1v) is 4.99. The van der Waals surface area contributed by atoms with E-state index in [1.807, 2.05) is 24.3 Å². The van der Waals surface area contributed by atoms with Gasteiger partial charge in [-0.3, -0.25) is 0 Å². The molecular formula is C14H13O. The Morgan fingerprint density at radius 1 is 1.00 bits per heavy atom. The molecule has 2 aromatic carbocycles. The van der Waals surface area contributed by atoms with E-state index in [-0.39, 0.29) is 0 Å². The number of hydrogen-bond donors (Lipinski definition) is 0. The average Bonchev–Trinajstić information content (AvgIpc) is 2.30. The normalized spacial score (nSPS) is 9.93. The van der Waals surface area contributed by atoms with Crippen LogP contribution in [0.2, 0.25) is 0 Å². The van der Waals surface area contributed by atoms with Crippen molar-refractivity contribution in [1.82, 2.24) is 0 Å². The molecule has 0 aliphatic carbocycles. The third-order valence-corrected chi connectivity index (χ3v) is 2.21. The Hall–Kier alpha value is -1.76. The minimum atomic E-state index is 0.615. The molecule has 0 N–H and O–H groups in total. The number of aryl methyl sites for hydroxylation is 1. The van der Waals surface area contributed by atoms with Crippen LogP contribution >= 0.6 is 0 Å². The van der Waals surface area contributed by atoms with Gasteiger partial charge < -0.3 is 4.74 Å². The third kappa shape index (κ3) is 2.84. The highest BCUT2D eigenvalue weighted by Crippen LogP contribution is 2.11. The van der Waals surface area contributed by atoms with Crippen LogP contribution in [0.25, 0.3) is 0 Å². The number of benzene rings is 2. The number of rotatable bonds is 3. The quantitative estimate of drug-likeness (QED) is 0.733. The second-order valence-electron chi connectivity index (χ2n) is 3.51. The topological polar surface area (TPSA) is 9.23 Å². The van der Waals surface area contributed by atoms with Gasteiger partial charge in [-0.1, -0.05) is 42.0 Å². The van der Waals surface area contributed by atoms with E-state index in [9.17, 15) is 0 Å². The van der Waals surface area contributed by atoms with E-state index in [1.165, 1.54) is 11.1 Å². The van der Waals surface area contributed by atoms with Gasteiger partial charge in [0.1, 0.15) is 12.4 Å². The fraction of sp³-hybridized carbons (Fsp3) is 0.143. The zero-order valence-electron chi connectivity index (χ0n) is 8.73. The molecule has 0 amide bonds. The van der Waals surface area contributed by atoms with Crippen LogP contribution in [0.5, 0.6) is 5.75 Å². The van der Waals surface area contributed by atoms with Gasteiger partial charge in [0.25, 0.3) is 0 Å². The lowest BCUT2D eigenvalue weighted by Crippen LogP contribution is -1.94. The third-order valence-electron chi connectivity index (χ3n) is 2.21. The lowest BCUT2D eigenvalue weighted by atomic mass is 10.2. The summed E-state index contributed by atoms with van der Waals surface area (Å²) in [4.78, 5) is 0. The average molecular weight is 197 g/mol. The highest BCUT2D eigenvalue weighted by molar-refractivity contribution is 5.23. The van der Waals surface area contributed by atoms with Crippen LogP contribution in [-0.2, 0) is 6.61 Å². The molecular weight excluding hydrogens is 184 g/mol. The van der Waals surface area contributed by atoms with Gasteiger partial charge in [0.15, 0.2) is 0 Å². The van der Waals surface area contributed by atoms with Crippen molar-refractivity contribution < 1.29 is 4.74 Å². The zero-order chi connectivity index (χ0) is 10.5. The summed E-state index contributed by atoms with van der Waals surface area (Å²) in [6.07, 6.45) is 0. The summed E-state index contributed by atoms with van der Waals surface area (Å²) >= 11 is 0. The van der Waals surface area contributed by atoms with Crippen LogP contribution in [-0.4, -0.2) is 0 Å². The highest BCUT2D eigenvalue weighted by atomic mass is 16.5. The lowest BCUT2D eigenvalue weighted by Gasteiger charge is -2.05. The highest BCUT2D eigenvalue weighted by Gasteiger charge is 1.94. The van der Waals surface area contributed by atoms with E-state index in [2.05, 4.69) is 37.3 Å². The Morgan fingerprint density at radius 2 is 1.67 bits per heavy atom. The Kier molecular flexibility index (Phi) is 3.03. The van der Waals surface area contributed by atoms with Gasteiger partial charge in [-0.25, -0.2) is 0 Å². The van der Waals surface area contributed by atoms with Crippen LogP contribution in [0.15, 0.2) is 48.5 Å². The Bertz CT molecular complexity index is 403. The molecule has 1 heteroatoms. The molecule has 75 valence electrons. The minimum absolute atomic E-state index is 0.615. The van der Waals surface area contributed by atoms with Crippen LogP contribution in [0.1, 0.15) is 11.1 Å². The molecule has 0 spiro atoms. The summed E-state index contributed by atoms with van der Waals surface area (Å²) in [6.45, 7) is 2.70. The molecule has 1 nitrogen and oxygen atoms in total. The molecule has 0 fully saturated rings. The van der Waals surface area contributed by atoms with Crippen molar-refractivity contribution in [3.8, 4) is 5.75 Å². The van der Waals surface area contributed by atoms with E-state index in [0.29, 0.717) is 6.61 Å². The molecule has 1 radical (unpaired) electrons. The summed E-state index contributed by atoms with van der Waals surface area (Å²) in [5.74, 6) is 0.884. The maximum Gasteiger partial charge on any atom is 0.119 e. The van der Waals surface area contributed by atoms with Gasteiger partial charge in [-0.15, -0.1) is 0 Å². The Balaban J connectivity index is 1.96. The summed E-state index contributed by atoms with van der Waals surface area (Å²) in [5, 5.41) is 0. The van der Waals surface area contributed by atoms with Crippen molar-refractivity contribution in [3.05, 3.63) is 65.7 Å². The van der Waals surface area contributed by atoms with Crippen molar-refractivity contribution in [3.63, 3.8) is 0 Å². The lowest BCUT2D eigenvalue weighted by molar-refractivity contribution is 0.306. The molecule has 0 aliphatic rings. The summed E-state index contributed by atoms with van der Waals surface area (Å²) < 4.78 is 5.61. The molecule has 0 aromatic heterocycles. The van der Waals surface area contributed by atoms with Crippen molar-refractivity contribution in [2.45, 2.75) is 13.5 Å². The van der Waals surface area contributed by atoms with E-state index < -0.39 is 0 Å². The van der Waals surface area contributed by atoms with Gasteiger partial charge in [0, 0.05) is 0 Å². The Morgan fingerprint density at radius 3 is 2.33 bits per heavy atom. The molecule has 2 aromatic rings. The molecule has 15 heavy (non-hydrogen) atoms. The fourth-order valence-electron chi connectivity index (χ4n) is 1.32. The van der Waals surface area contributed by atoms with Crippen molar-refractivity contribution in [2.24, 2.45) is 0 Å². The second kappa shape index (κ2) is 4.65. The van der Waals surface area contributed by atoms with Crippen molar-refractivity contribution in [2.75, 3.05) is 0 Å². The summed E-state index contributed by atoms with van der Waals surface area (Å²) in [5.41, 5.74) is 2.46. The molecule has 0 bridgehead atoms.